The van der Waals surface area contributed by atoms with E-state index in [9.17, 15) is 23.1 Å². The molecule has 1 fully saturated rings. The highest BCUT2D eigenvalue weighted by molar-refractivity contribution is 7.91. The molecule has 5 N–H and O–H groups in total. The van der Waals surface area contributed by atoms with Gasteiger partial charge in [0.15, 0.2) is 15.8 Å². The summed E-state index contributed by atoms with van der Waals surface area (Å²) < 4.78 is 25.6. The van der Waals surface area contributed by atoms with Gasteiger partial charge in [0.25, 0.3) is 0 Å². The first-order chi connectivity index (χ1) is 15.8. The molecule has 2 heterocycles. The van der Waals surface area contributed by atoms with E-state index in [-0.39, 0.29) is 17.7 Å². The van der Waals surface area contributed by atoms with Crippen LogP contribution in [0.2, 0.25) is 0 Å². The normalized spacial score (nSPS) is 17.9. The molecule has 0 spiro atoms. The number of carboxylic acids is 1. The van der Waals surface area contributed by atoms with Crippen LogP contribution in [0.5, 0.6) is 0 Å². The monoisotopic (exact) mass is 479 g/mol. The number of hydrogen-bond donors (Lipinski definition) is 5. The molecule has 0 bridgehead atoms. The van der Waals surface area contributed by atoms with Crippen molar-refractivity contribution >= 4 is 27.7 Å². The summed E-state index contributed by atoms with van der Waals surface area (Å²) >= 11 is 0. The summed E-state index contributed by atoms with van der Waals surface area (Å²) in [5.74, 6) is -1.60. The number of aromatic nitrogens is 2. The van der Waals surface area contributed by atoms with Gasteiger partial charge in [-0.25, -0.2) is 18.2 Å². The largest absolute Gasteiger partial charge is 0.480 e. The fraction of sp³-hybridized carbons (Fsp3) is 0.476. The number of hydroxylamine groups is 1. The number of aromatic amines is 1. The Balaban J connectivity index is 1.69. The molecule has 1 amide bonds. The maximum Gasteiger partial charge on any atom is 0.329 e. The molecule has 1 aromatic heterocycles. The molecule has 3 rings (SSSR count). The molecule has 0 aliphatic carbocycles. The van der Waals surface area contributed by atoms with Crippen molar-refractivity contribution in [3.8, 4) is 0 Å². The molecule has 1 aliphatic rings. The van der Waals surface area contributed by atoms with Gasteiger partial charge in [-0.3, -0.25) is 4.79 Å². The fourth-order valence-corrected chi connectivity index (χ4v) is 5.02. The molecule has 2 aromatic rings. The minimum Gasteiger partial charge on any atom is -0.480 e. The smallest absolute Gasteiger partial charge is 0.329 e. The highest BCUT2D eigenvalue weighted by atomic mass is 32.2. The van der Waals surface area contributed by atoms with Gasteiger partial charge in [0.2, 0.25) is 5.91 Å². The van der Waals surface area contributed by atoms with Crippen molar-refractivity contribution in [2.24, 2.45) is 0 Å². The van der Waals surface area contributed by atoms with Crippen molar-refractivity contribution in [3.63, 3.8) is 0 Å². The standard InChI is InChI=1S/C21H29N5O6S/c27-18(17-8-14-32-26-17)25-21(19(28)29,9-4-5-11-22-20-23-12-13-24-20)10-15-33(30,31)16-6-2-1-3-7-16/h1-3,6-7,12-13,17,26H,4-5,8-11,14-15H2,(H,25,27)(H,28,29)(H2,22,23,24). The molecule has 0 saturated carbocycles. The zero-order valence-corrected chi connectivity index (χ0v) is 18.9. The van der Waals surface area contributed by atoms with Gasteiger partial charge in [0.05, 0.1) is 17.3 Å². The van der Waals surface area contributed by atoms with Gasteiger partial charge in [-0.2, -0.15) is 5.48 Å². The van der Waals surface area contributed by atoms with Crippen LogP contribution in [0.25, 0.3) is 0 Å². The first-order valence-electron chi connectivity index (χ1n) is 10.8. The molecule has 1 aromatic carbocycles. The Kier molecular flexibility index (Phi) is 8.42. The van der Waals surface area contributed by atoms with Crippen molar-refractivity contribution < 1.29 is 28.0 Å². The average molecular weight is 480 g/mol. The highest BCUT2D eigenvalue weighted by Crippen LogP contribution is 2.24. The number of carbonyl (C=O) groups is 2. The molecule has 180 valence electrons. The molecule has 33 heavy (non-hydrogen) atoms. The number of benzene rings is 1. The Bertz CT molecular complexity index is 1010. The summed E-state index contributed by atoms with van der Waals surface area (Å²) in [5.41, 5.74) is 0.836. The Morgan fingerprint density at radius 3 is 2.64 bits per heavy atom. The molecule has 0 radical (unpaired) electrons. The SMILES string of the molecule is O=C(NC(CCCCNc1ncc[nH]1)(CCS(=O)(=O)c1ccccc1)C(=O)O)C1CCON1. The van der Waals surface area contributed by atoms with Crippen LogP contribution in [0.3, 0.4) is 0 Å². The van der Waals surface area contributed by atoms with E-state index in [0.29, 0.717) is 38.4 Å². The number of rotatable bonds is 13. The topological polar surface area (TPSA) is 163 Å². The number of carboxylic acid groups (broad SMARTS) is 1. The molecule has 11 nitrogen and oxygen atoms in total. The van der Waals surface area contributed by atoms with Crippen LogP contribution in [-0.2, 0) is 24.3 Å². The molecule has 1 saturated heterocycles. The van der Waals surface area contributed by atoms with E-state index in [4.69, 9.17) is 4.84 Å². The average Bonchev–Trinajstić information content (AvgIpc) is 3.52. The summed E-state index contributed by atoms with van der Waals surface area (Å²) in [6, 6.07) is 7.17. The number of unbranched alkanes of at least 4 members (excludes halogenated alkanes) is 1. The third-order valence-corrected chi connectivity index (χ3v) is 7.28. The maximum atomic E-state index is 12.8. The number of aliphatic carboxylic acids is 1. The van der Waals surface area contributed by atoms with Crippen LogP contribution in [0.15, 0.2) is 47.6 Å². The number of nitrogens with zero attached hydrogens (tertiary/aromatic N) is 1. The predicted octanol–water partition coefficient (Wildman–Crippen LogP) is 1.09. The van der Waals surface area contributed by atoms with Gasteiger partial charge < -0.3 is 25.6 Å². The minimum absolute atomic E-state index is 0.0752. The van der Waals surface area contributed by atoms with Crippen molar-refractivity contribution in [2.45, 2.75) is 48.6 Å². The van der Waals surface area contributed by atoms with Crippen molar-refractivity contribution in [3.05, 3.63) is 42.7 Å². The number of carbonyl (C=O) groups excluding carboxylic acids is 1. The van der Waals surface area contributed by atoms with E-state index in [1.54, 1.807) is 30.6 Å². The highest BCUT2D eigenvalue weighted by Gasteiger charge is 2.42. The molecule has 2 unspecified atom stereocenters. The van der Waals surface area contributed by atoms with Gasteiger partial charge in [-0.05, 0) is 44.2 Å². The molecular formula is C21H29N5O6S. The number of H-pyrrole nitrogens is 1. The molecule has 12 heteroatoms. The summed E-state index contributed by atoms with van der Waals surface area (Å²) in [6.45, 7) is 0.872. The Morgan fingerprint density at radius 1 is 1.21 bits per heavy atom. The van der Waals surface area contributed by atoms with Crippen LogP contribution in [0.4, 0.5) is 5.95 Å². The van der Waals surface area contributed by atoms with E-state index < -0.39 is 39.0 Å². The first kappa shape index (κ1) is 24.7. The van der Waals surface area contributed by atoms with Crippen LogP contribution in [-0.4, -0.2) is 65.9 Å². The van der Waals surface area contributed by atoms with E-state index >= 15 is 0 Å². The summed E-state index contributed by atoms with van der Waals surface area (Å²) in [7, 11) is -3.73. The second-order valence-electron chi connectivity index (χ2n) is 7.89. The molecule has 2 atom stereocenters. The van der Waals surface area contributed by atoms with E-state index in [2.05, 4.69) is 26.1 Å². The van der Waals surface area contributed by atoms with Gasteiger partial charge in [0.1, 0.15) is 11.6 Å². The van der Waals surface area contributed by atoms with Gasteiger partial charge in [-0.15, -0.1) is 0 Å². The number of amides is 1. The lowest BCUT2D eigenvalue weighted by Gasteiger charge is -2.31. The minimum atomic E-state index is -3.73. The first-order valence-corrected chi connectivity index (χ1v) is 12.4. The lowest BCUT2D eigenvalue weighted by atomic mass is 9.89. The van der Waals surface area contributed by atoms with Crippen molar-refractivity contribution in [2.75, 3.05) is 24.2 Å². The van der Waals surface area contributed by atoms with Crippen molar-refractivity contribution in [1.29, 1.82) is 0 Å². The Hall–Kier alpha value is -2.96. The number of imidazole rings is 1. The maximum absolute atomic E-state index is 12.8. The quantitative estimate of drug-likeness (QED) is 0.265. The van der Waals surface area contributed by atoms with Crippen LogP contribution in [0.1, 0.15) is 32.1 Å². The zero-order valence-electron chi connectivity index (χ0n) is 18.1. The lowest BCUT2D eigenvalue weighted by Crippen LogP contribution is -2.58. The second-order valence-corrected chi connectivity index (χ2v) is 10.00. The number of sulfone groups is 1. The Morgan fingerprint density at radius 2 is 2.00 bits per heavy atom. The summed E-state index contributed by atoms with van der Waals surface area (Å²) in [5, 5.41) is 15.8. The molecule has 1 aliphatic heterocycles. The van der Waals surface area contributed by atoms with Crippen LogP contribution in [0, 0.1) is 0 Å². The number of anilines is 1. The van der Waals surface area contributed by atoms with Gasteiger partial charge in [0, 0.05) is 18.9 Å². The summed E-state index contributed by atoms with van der Waals surface area (Å²) in [6.07, 6.45) is 4.55. The van der Waals surface area contributed by atoms with E-state index in [0.717, 1.165) is 0 Å². The van der Waals surface area contributed by atoms with E-state index in [1.165, 1.54) is 12.1 Å². The number of hydrogen-bond acceptors (Lipinski definition) is 8. The van der Waals surface area contributed by atoms with Crippen LogP contribution < -0.4 is 16.1 Å². The number of nitrogens with one attached hydrogen (secondary N) is 4. The third kappa shape index (κ3) is 6.76. The van der Waals surface area contributed by atoms with E-state index in [1.807, 2.05) is 0 Å². The second kappa shape index (κ2) is 11.3. The van der Waals surface area contributed by atoms with Gasteiger partial charge >= 0.3 is 5.97 Å². The Labute approximate surface area is 192 Å². The fourth-order valence-electron chi connectivity index (χ4n) is 3.59. The van der Waals surface area contributed by atoms with Crippen molar-refractivity contribution in [1.82, 2.24) is 20.8 Å². The lowest BCUT2D eigenvalue weighted by molar-refractivity contribution is -0.148. The zero-order chi connectivity index (χ0) is 23.7. The van der Waals surface area contributed by atoms with Crippen LogP contribution >= 0.6 is 0 Å². The predicted molar refractivity (Wildman–Crippen MR) is 120 cm³/mol. The summed E-state index contributed by atoms with van der Waals surface area (Å²) in [4.78, 5) is 37.2. The van der Waals surface area contributed by atoms with Gasteiger partial charge in [-0.1, -0.05) is 18.2 Å². The molecular weight excluding hydrogens is 450 g/mol. The third-order valence-electron chi connectivity index (χ3n) is 5.54.